The molecule has 7 nitrogen and oxygen atoms in total. The predicted octanol–water partition coefficient (Wildman–Crippen LogP) is 2.78. The van der Waals surface area contributed by atoms with E-state index in [2.05, 4.69) is 0 Å². The van der Waals surface area contributed by atoms with E-state index in [1.807, 2.05) is 13.8 Å². The number of benzene rings is 1. The van der Waals surface area contributed by atoms with Crippen LogP contribution < -0.4 is 9.47 Å². The van der Waals surface area contributed by atoms with Crippen LogP contribution in [0, 0.1) is 10.1 Å². The van der Waals surface area contributed by atoms with Crippen molar-refractivity contribution in [2.75, 3.05) is 0 Å². The first-order valence-corrected chi connectivity index (χ1v) is 7.28. The van der Waals surface area contributed by atoms with E-state index < -0.39 is 16.4 Å². The number of ketones is 1. The minimum atomic E-state index is -1.99. The van der Waals surface area contributed by atoms with Gasteiger partial charge in [0.25, 0.3) is 0 Å². The molecule has 7 heteroatoms. The van der Waals surface area contributed by atoms with Crippen molar-refractivity contribution in [3.63, 3.8) is 0 Å². The maximum Gasteiger partial charge on any atom is 0.389 e. The molecule has 0 saturated carbocycles. The Balaban J connectivity index is 2.99. The average Bonchev–Trinajstić information content (AvgIpc) is 2.45. The van der Waals surface area contributed by atoms with Crippen molar-refractivity contribution in [2.45, 2.75) is 52.2 Å². The van der Waals surface area contributed by atoms with E-state index in [1.54, 1.807) is 18.2 Å². The minimum absolute atomic E-state index is 0.0727. The molecule has 0 saturated heterocycles. The van der Waals surface area contributed by atoms with Crippen LogP contribution in [0.1, 0.15) is 40.5 Å². The van der Waals surface area contributed by atoms with Crippen molar-refractivity contribution in [1.82, 2.24) is 0 Å². The molecule has 0 heterocycles. The number of rotatable bonds is 8. The summed E-state index contributed by atoms with van der Waals surface area (Å²) in [5, 5.41) is 11.3. The fourth-order valence-electron chi connectivity index (χ4n) is 1.78. The summed E-state index contributed by atoms with van der Waals surface area (Å²) in [6.07, 6.45) is -0.438. The van der Waals surface area contributed by atoms with Crippen LogP contribution in [0.3, 0.4) is 0 Å². The first-order chi connectivity index (χ1) is 10.7. The average molecular weight is 323 g/mol. The van der Waals surface area contributed by atoms with Gasteiger partial charge in [-0.3, -0.25) is 10.1 Å². The lowest BCUT2D eigenvalue weighted by atomic mass is 9.95. The van der Waals surface area contributed by atoms with Gasteiger partial charge in [0.15, 0.2) is 11.5 Å². The number of ether oxygens (including phenoxy) is 2. The summed E-state index contributed by atoms with van der Waals surface area (Å²) in [7, 11) is 0. The molecular weight excluding hydrogens is 302 g/mol. The molecular formula is C16H21NO6. The van der Waals surface area contributed by atoms with E-state index in [9.17, 15) is 19.7 Å². The molecule has 1 aromatic rings. The van der Waals surface area contributed by atoms with Crippen molar-refractivity contribution in [3.05, 3.63) is 34.4 Å². The predicted molar refractivity (Wildman–Crippen MR) is 83.2 cm³/mol. The second kappa shape index (κ2) is 7.71. The zero-order valence-corrected chi connectivity index (χ0v) is 13.7. The van der Waals surface area contributed by atoms with Gasteiger partial charge >= 0.3 is 11.5 Å². The van der Waals surface area contributed by atoms with Gasteiger partial charge in [0.05, 0.1) is 6.10 Å². The van der Waals surface area contributed by atoms with Gasteiger partial charge in [0, 0.05) is 24.7 Å². The number of Topliss-reactive ketones (excluding diaryl/α,β-unsaturated/α-hetero) is 1. The summed E-state index contributed by atoms with van der Waals surface area (Å²) in [6, 6.07) is 6.45. The highest BCUT2D eigenvalue weighted by molar-refractivity contribution is 5.83. The summed E-state index contributed by atoms with van der Waals surface area (Å²) in [6.45, 7) is 6.10. The van der Waals surface area contributed by atoms with Crippen LogP contribution in [0.5, 0.6) is 11.5 Å². The van der Waals surface area contributed by atoms with E-state index in [0.29, 0.717) is 5.75 Å². The summed E-state index contributed by atoms with van der Waals surface area (Å²) < 4.78 is 10.7. The third kappa shape index (κ3) is 5.05. The number of esters is 1. The number of carbonyl (C=O) groups excluding carboxylic acids is 2. The molecule has 1 atom stereocenters. The Hall–Kier alpha value is -2.44. The van der Waals surface area contributed by atoms with Crippen LogP contribution >= 0.6 is 0 Å². The van der Waals surface area contributed by atoms with E-state index in [4.69, 9.17) is 9.47 Å². The van der Waals surface area contributed by atoms with Crippen LogP contribution in [0.2, 0.25) is 0 Å². The largest absolute Gasteiger partial charge is 0.487 e. The number of nitrogens with zero attached hydrogens (tertiary/aromatic N) is 1. The first-order valence-electron chi connectivity index (χ1n) is 7.28. The number of hydrogen-bond donors (Lipinski definition) is 0. The SMILES string of the molecule is CC(=O)CCC(C)(C(=O)Oc1ccccc1OC(C)C)[N+](=O)[O-]. The van der Waals surface area contributed by atoms with Gasteiger partial charge in [-0.1, -0.05) is 12.1 Å². The molecule has 0 aliphatic carbocycles. The smallest absolute Gasteiger partial charge is 0.389 e. The van der Waals surface area contributed by atoms with Gasteiger partial charge in [-0.05, 0) is 32.9 Å². The van der Waals surface area contributed by atoms with E-state index >= 15 is 0 Å². The lowest BCUT2D eigenvalue weighted by Gasteiger charge is -2.20. The highest BCUT2D eigenvalue weighted by Gasteiger charge is 2.48. The van der Waals surface area contributed by atoms with Crippen LogP contribution in [0.4, 0.5) is 0 Å². The van der Waals surface area contributed by atoms with Crippen molar-refractivity contribution >= 4 is 11.8 Å². The van der Waals surface area contributed by atoms with Crippen LogP contribution in [0.25, 0.3) is 0 Å². The topological polar surface area (TPSA) is 95.7 Å². The van der Waals surface area contributed by atoms with E-state index in [-0.39, 0.29) is 30.5 Å². The van der Waals surface area contributed by atoms with Gasteiger partial charge in [-0.2, -0.15) is 0 Å². The van der Waals surface area contributed by atoms with Gasteiger partial charge in [0.2, 0.25) is 0 Å². The van der Waals surface area contributed by atoms with E-state index in [0.717, 1.165) is 6.92 Å². The molecule has 1 aromatic carbocycles. The van der Waals surface area contributed by atoms with Crippen LogP contribution in [-0.4, -0.2) is 28.3 Å². The molecule has 1 rings (SSSR count). The van der Waals surface area contributed by atoms with Crippen molar-refractivity contribution in [3.8, 4) is 11.5 Å². The zero-order valence-electron chi connectivity index (χ0n) is 13.7. The fraction of sp³-hybridized carbons (Fsp3) is 0.500. The molecule has 0 spiro atoms. The molecule has 0 radical (unpaired) electrons. The molecule has 126 valence electrons. The molecule has 0 aromatic heterocycles. The number of para-hydroxylation sites is 2. The standard InChI is InChI=1S/C16H21NO6/c1-11(2)22-13-7-5-6-8-14(13)23-15(19)16(4,17(20)21)10-9-12(3)18/h5-8,11H,9-10H2,1-4H3. The third-order valence-corrected chi connectivity index (χ3v) is 3.22. The maximum absolute atomic E-state index is 12.3. The Labute approximate surface area is 134 Å². The fourth-order valence-corrected chi connectivity index (χ4v) is 1.78. The summed E-state index contributed by atoms with van der Waals surface area (Å²) in [4.78, 5) is 33.9. The molecule has 23 heavy (non-hydrogen) atoms. The highest BCUT2D eigenvalue weighted by atomic mass is 16.6. The van der Waals surface area contributed by atoms with Gasteiger partial charge in [0.1, 0.15) is 5.78 Å². The minimum Gasteiger partial charge on any atom is -0.487 e. The monoisotopic (exact) mass is 323 g/mol. The highest BCUT2D eigenvalue weighted by Crippen LogP contribution is 2.30. The first kappa shape index (κ1) is 18.6. The molecule has 1 unspecified atom stereocenters. The van der Waals surface area contributed by atoms with Crippen molar-refractivity contribution in [1.29, 1.82) is 0 Å². The lowest BCUT2D eigenvalue weighted by molar-refractivity contribution is -0.550. The molecule has 0 fully saturated rings. The Bertz CT molecular complexity index is 598. The summed E-state index contributed by atoms with van der Waals surface area (Å²) in [5.41, 5.74) is -1.99. The normalized spacial score (nSPS) is 13.3. The molecule has 0 N–H and O–H groups in total. The Morgan fingerprint density at radius 1 is 1.26 bits per heavy atom. The van der Waals surface area contributed by atoms with Crippen LogP contribution in [-0.2, 0) is 9.59 Å². The summed E-state index contributed by atoms with van der Waals surface area (Å²) >= 11 is 0. The third-order valence-electron chi connectivity index (χ3n) is 3.22. The lowest BCUT2D eigenvalue weighted by Crippen LogP contribution is -2.46. The molecule has 0 aliphatic heterocycles. The van der Waals surface area contributed by atoms with Gasteiger partial charge in [-0.25, -0.2) is 4.79 Å². The number of hydrogen-bond acceptors (Lipinski definition) is 6. The Kier molecular flexibility index (Phi) is 6.24. The number of nitro groups is 1. The molecule has 0 amide bonds. The molecule has 0 aliphatic rings. The second-order valence-corrected chi connectivity index (χ2v) is 5.74. The second-order valence-electron chi connectivity index (χ2n) is 5.74. The van der Waals surface area contributed by atoms with Gasteiger partial charge < -0.3 is 14.3 Å². The van der Waals surface area contributed by atoms with Gasteiger partial charge in [-0.15, -0.1) is 0 Å². The number of carbonyl (C=O) groups is 2. The molecule has 0 bridgehead atoms. The van der Waals surface area contributed by atoms with E-state index in [1.165, 1.54) is 13.0 Å². The maximum atomic E-state index is 12.3. The Morgan fingerprint density at radius 3 is 2.30 bits per heavy atom. The van der Waals surface area contributed by atoms with Crippen molar-refractivity contribution < 1.29 is 24.0 Å². The van der Waals surface area contributed by atoms with Crippen molar-refractivity contribution in [2.24, 2.45) is 0 Å². The quantitative estimate of drug-likeness (QED) is 0.316. The Morgan fingerprint density at radius 2 is 1.83 bits per heavy atom. The van der Waals surface area contributed by atoms with Crippen LogP contribution in [0.15, 0.2) is 24.3 Å². The zero-order chi connectivity index (χ0) is 17.6. The summed E-state index contributed by atoms with van der Waals surface area (Å²) in [5.74, 6) is -0.812.